The zero-order valence-electron chi connectivity index (χ0n) is 9.51. The van der Waals surface area contributed by atoms with E-state index in [9.17, 15) is 9.59 Å². The van der Waals surface area contributed by atoms with Gasteiger partial charge in [-0.2, -0.15) is 0 Å². The average Bonchev–Trinajstić information content (AvgIpc) is 2.22. The highest BCUT2D eigenvalue weighted by Gasteiger charge is 2.07. The molecule has 0 aliphatic rings. The molecule has 0 radical (unpaired) electrons. The molecule has 4 N–H and O–H groups in total. The Morgan fingerprint density at radius 2 is 1.71 bits per heavy atom. The van der Waals surface area contributed by atoms with Gasteiger partial charge in [-0.3, -0.25) is 4.79 Å². The van der Waals surface area contributed by atoms with Crippen molar-refractivity contribution in [1.29, 1.82) is 0 Å². The smallest absolute Gasteiger partial charge is 0.331 e. The fourth-order valence-electron chi connectivity index (χ4n) is 0.825. The largest absolute Gasteiger partial charge is 0.481 e. The lowest BCUT2D eigenvalue weighted by molar-refractivity contribution is -0.139. The van der Waals surface area contributed by atoms with Crippen LogP contribution in [-0.2, 0) is 9.59 Å². The van der Waals surface area contributed by atoms with E-state index >= 15 is 0 Å². The second-order valence-electron chi connectivity index (χ2n) is 3.39. The fourth-order valence-corrected chi connectivity index (χ4v) is 0.825. The molecule has 0 fully saturated rings. The lowest BCUT2D eigenvalue weighted by atomic mass is 10.2. The summed E-state index contributed by atoms with van der Waals surface area (Å²) < 4.78 is 0. The van der Waals surface area contributed by atoms with Crippen LogP contribution in [0.4, 0.5) is 5.69 Å². The number of hydrogen-bond acceptors (Lipinski definition) is 3. The van der Waals surface area contributed by atoms with Crippen LogP contribution in [0.1, 0.15) is 12.0 Å². The molecule has 0 aliphatic heterocycles. The molecular weight excluding hydrogens is 222 g/mol. The van der Waals surface area contributed by atoms with Gasteiger partial charge in [0.05, 0.1) is 6.42 Å². The number of carboxylic acid groups (broad SMARTS) is 2. The number of nitrogens with two attached hydrogens (primary N) is 1. The monoisotopic (exact) mass is 237 g/mol. The van der Waals surface area contributed by atoms with Crippen molar-refractivity contribution in [2.24, 2.45) is 0 Å². The van der Waals surface area contributed by atoms with Gasteiger partial charge in [0.2, 0.25) is 0 Å². The topological polar surface area (TPSA) is 101 Å². The Morgan fingerprint density at radius 3 is 1.94 bits per heavy atom. The lowest BCUT2D eigenvalue weighted by Gasteiger charge is -1.91. The summed E-state index contributed by atoms with van der Waals surface area (Å²) in [4.78, 5) is 19.7. The first kappa shape index (κ1) is 14.7. The summed E-state index contributed by atoms with van der Waals surface area (Å²) in [5.74, 6) is -2.44. The third kappa shape index (κ3) is 7.61. The van der Waals surface area contributed by atoms with E-state index in [-0.39, 0.29) is 5.57 Å². The van der Waals surface area contributed by atoms with Gasteiger partial charge in [0.25, 0.3) is 0 Å². The molecule has 17 heavy (non-hydrogen) atoms. The molecule has 0 atom stereocenters. The van der Waals surface area contributed by atoms with E-state index in [1.807, 2.05) is 31.2 Å². The molecule has 92 valence electrons. The molecule has 0 aliphatic carbocycles. The summed E-state index contributed by atoms with van der Waals surface area (Å²) in [5.41, 5.74) is 7.20. The molecule has 0 bridgehead atoms. The second kappa shape index (κ2) is 7.05. The first-order chi connectivity index (χ1) is 7.82. The van der Waals surface area contributed by atoms with E-state index in [1.165, 1.54) is 5.56 Å². The number of carboxylic acids is 2. The van der Waals surface area contributed by atoms with Gasteiger partial charge in [0, 0.05) is 11.3 Å². The van der Waals surface area contributed by atoms with Crippen LogP contribution in [0.2, 0.25) is 0 Å². The van der Waals surface area contributed by atoms with Crippen LogP contribution in [0, 0.1) is 6.92 Å². The van der Waals surface area contributed by atoms with Crippen molar-refractivity contribution >= 4 is 17.6 Å². The van der Waals surface area contributed by atoms with E-state index in [0.717, 1.165) is 5.69 Å². The van der Waals surface area contributed by atoms with Crippen LogP contribution >= 0.6 is 0 Å². The van der Waals surface area contributed by atoms with Gasteiger partial charge in [-0.05, 0) is 19.1 Å². The first-order valence-corrected chi connectivity index (χ1v) is 4.78. The Hall–Kier alpha value is -2.30. The molecule has 1 aromatic rings. The number of benzene rings is 1. The van der Waals surface area contributed by atoms with Gasteiger partial charge in [-0.25, -0.2) is 4.79 Å². The van der Waals surface area contributed by atoms with Gasteiger partial charge in [-0.15, -0.1) is 0 Å². The Balaban J connectivity index is 0.000000302. The zero-order valence-corrected chi connectivity index (χ0v) is 9.51. The number of anilines is 1. The second-order valence-corrected chi connectivity index (χ2v) is 3.39. The van der Waals surface area contributed by atoms with Crippen molar-refractivity contribution < 1.29 is 19.8 Å². The van der Waals surface area contributed by atoms with Crippen LogP contribution in [0.25, 0.3) is 0 Å². The van der Waals surface area contributed by atoms with Crippen molar-refractivity contribution in [3.05, 3.63) is 42.0 Å². The van der Waals surface area contributed by atoms with E-state index in [2.05, 4.69) is 6.58 Å². The lowest BCUT2D eigenvalue weighted by Crippen LogP contribution is -2.04. The molecule has 0 aromatic heterocycles. The number of hydrogen-bond donors (Lipinski definition) is 3. The maximum absolute atomic E-state index is 9.87. The summed E-state index contributed by atoms with van der Waals surface area (Å²) in [6.07, 6.45) is -0.505. The van der Waals surface area contributed by atoms with Crippen LogP contribution in [-0.4, -0.2) is 22.2 Å². The summed E-state index contributed by atoms with van der Waals surface area (Å²) in [5, 5.41) is 16.1. The molecule has 0 saturated heterocycles. The van der Waals surface area contributed by atoms with Gasteiger partial charge < -0.3 is 15.9 Å². The third-order valence-corrected chi connectivity index (χ3v) is 1.74. The average molecular weight is 237 g/mol. The Morgan fingerprint density at radius 1 is 1.24 bits per heavy atom. The minimum atomic E-state index is -1.27. The van der Waals surface area contributed by atoms with Gasteiger partial charge in [0.15, 0.2) is 0 Å². The molecule has 0 amide bonds. The standard InChI is InChI=1S/C7H9N.C5H6O4/c1-6-2-4-7(8)5-3-6;1-3(5(8)9)2-4(6)7/h2-5H,8H2,1H3;1-2H2,(H,6,7)(H,8,9). The molecule has 1 aromatic carbocycles. The van der Waals surface area contributed by atoms with Crippen LogP contribution in [0.5, 0.6) is 0 Å². The van der Waals surface area contributed by atoms with Crippen LogP contribution in [0.15, 0.2) is 36.4 Å². The molecule has 5 nitrogen and oxygen atoms in total. The Labute approximate surface area is 99.2 Å². The molecular formula is C12H15NO4. The predicted molar refractivity (Wildman–Crippen MR) is 64.6 cm³/mol. The number of aliphatic carboxylic acids is 2. The van der Waals surface area contributed by atoms with E-state index < -0.39 is 18.4 Å². The van der Waals surface area contributed by atoms with Gasteiger partial charge in [-0.1, -0.05) is 24.3 Å². The van der Waals surface area contributed by atoms with Crippen LogP contribution < -0.4 is 5.73 Å². The van der Waals surface area contributed by atoms with Gasteiger partial charge >= 0.3 is 11.9 Å². The molecule has 5 heteroatoms. The van der Waals surface area contributed by atoms with E-state index in [4.69, 9.17) is 15.9 Å². The molecule has 1 rings (SSSR count). The molecule has 0 heterocycles. The quantitative estimate of drug-likeness (QED) is 0.548. The number of aryl methyl sites for hydroxylation is 1. The zero-order chi connectivity index (χ0) is 13.4. The number of rotatable bonds is 3. The molecule has 0 unspecified atom stereocenters. The van der Waals surface area contributed by atoms with Crippen molar-refractivity contribution in [2.45, 2.75) is 13.3 Å². The summed E-state index contributed by atoms with van der Waals surface area (Å²) in [6, 6.07) is 7.79. The minimum Gasteiger partial charge on any atom is -0.481 e. The molecule has 0 saturated carbocycles. The van der Waals surface area contributed by atoms with Crippen molar-refractivity contribution in [2.75, 3.05) is 5.73 Å². The number of nitrogen functional groups attached to an aromatic ring is 1. The minimum absolute atomic E-state index is 0.303. The Kier molecular flexibility index (Phi) is 6.10. The highest BCUT2D eigenvalue weighted by Crippen LogP contribution is 2.02. The Bertz CT molecular complexity index is 388. The SMILES string of the molecule is C=C(CC(=O)O)C(=O)O.Cc1ccc(N)cc1. The summed E-state index contributed by atoms with van der Waals surface area (Å²) >= 11 is 0. The van der Waals surface area contributed by atoms with Crippen molar-refractivity contribution in [3.63, 3.8) is 0 Å². The van der Waals surface area contributed by atoms with E-state index in [0.29, 0.717) is 0 Å². The van der Waals surface area contributed by atoms with Crippen molar-refractivity contribution in [1.82, 2.24) is 0 Å². The summed E-state index contributed by atoms with van der Waals surface area (Å²) in [6.45, 7) is 5.06. The maximum Gasteiger partial charge on any atom is 0.331 e. The highest BCUT2D eigenvalue weighted by atomic mass is 16.4. The normalized spacial score (nSPS) is 8.76. The van der Waals surface area contributed by atoms with Crippen molar-refractivity contribution in [3.8, 4) is 0 Å². The number of carbonyl (C=O) groups is 2. The molecule has 0 spiro atoms. The maximum atomic E-state index is 9.87. The predicted octanol–water partition coefficient (Wildman–Crippen LogP) is 1.68. The summed E-state index contributed by atoms with van der Waals surface area (Å²) in [7, 11) is 0. The van der Waals surface area contributed by atoms with Crippen LogP contribution in [0.3, 0.4) is 0 Å². The fraction of sp³-hybridized carbons (Fsp3) is 0.167. The highest BCUT2D eigenvalue weighted by molar-refractivity contribution is 5.91. The van der Waals surface area contributed by atoms with E-state index in [1.54, 1.807) is 0 Å². The third-order valence-electron chi connectivity index (χ3n) is 1.74. The first-order valence-electron chi connectivity index (χ1n) is 4.78. The van der Waals surface area contributed by atoms with Gasteiger partial charge in [0.1, 0.15) is 0 Å².